The zero-order chi connectivity index (χ0) is 16.5. The molecule has 1 aliphatic rings. The number of aromatic nitrogens is 3. The summed E-state index contributed by atoms with van der Waals surface area (Å²) in [5, 5.41) is 1.33. The Morgan fingerprint density at radius 1 is 1.29 bits per heavy atom. The molecule has 4 heterocycles. The van der Waals surface area contributed by atoms with Crippen molar-refractivity contribution in [1.29, 1.82) is 0 Å². The second-order valence-electron chi connectivity index (χ2n) is 5.20. The Morgan fingerprint density at radius 3 is 3.08 bits per heavy atom. The number of hydrogen-bond acceptors (Lipinski definition) is 4. The monoisotopic (exact) mass is 339 g/mol. The van der Waals surface area contributed by atoms with E-state index in [1.165, 1.54) is 17.8 Å². The highest BCUT2D eigenvalue weighted by molar-refractivity contribution is 8.14. The van der Waals surface area contributed by atoms with Crippen molar-refractivity contribution in [3.8, 4) is 0 Å². The summed E-state index contributed by atoms with van der Waals surface area (Å²) in [5.41, 5.74) is 0.960. The normalized spacial score (nSPS) is 16.2. The molecule has 0 aromatic carbocycles. The lowest BCUT2D eigenvalue weighted by Crippen LogP contribution is -2.27. The van der Waals surface area contributed by atoms with E-state index in [0.717, 1.165) is 11.1 Å². The molecule has 3 aromatic rings. The minimum atomic E-state index is -0.332. The quantitative estimate of drug-likeness (QED) is 0.745. The molecule has 1 saturated heterocycles. The third-order valence-electron chi connectivity index (χ3n) is 3.70. The van der Waals surface area contributed by atoms with Crippen molar-refractivity contribution in [1.82, 2.24) is 15.0 Å². The highest BCUT2D eigenvalue weighted by Crippen LogP contribution is 2.24. The molecule has 120 valence electrons. The topological polar surface area (TPSA) is 94.2 Å². The maximum absolute atomic E-state index is 12.6. The van der Waals surface area contributed by atoms with Gasteiger partial charge in [-0.1, -0.05) is 17.8 Å². The number of carbonyl (C=O) groups is 1. The zero-order valence-electron chi connectivity index (χ0n) is 12.5. The van der Waals surface area contributed by atoms with Crippen molar-refractivity contribution in [3.05, 3.63) is 58.6 Å². The van der Waals surface area contributed by atoms with Gasteiger partial charge in [0.1, 0.15) is 11.5 Å². The molecule has 0 aliphatic carbocycles. The first-order valence-corrected chi connectivity index (χ1v) is 8.36. The fraction of sp³-hybridized carbons (Fsp3) is 0.125. The van der Waals surface area contributed by atoms with E-state index in [0.29, 0.717) is 28.7 Å². The molecule has 4 rings (SSSR count). The van der Waals surface area contributed by atoms with Crippen LogP contribution in [0.3, 0.4) is 0 Å². The van der Waals surface area contributed by atoms with Crippen LogP contribution in [0.25, 0.3) is 11.0 Å². The van der Waals surface area contributed by atoms with E-state index in [2.05, 4.69) is 19.9 Å². The van der Waals surface area contributed by atoms with E-state index in [1.807, 2.05) is 11.0 Å². The highest BCUT2D eigenvalue weighted by Gasteiger charge is 2.23. The number of aliphatic imine (C=N–C) groups is 1. The van der Waals surface area contributed by atoms with Gasteiger partial charge in [-0.05, 0) is 18.2 Å². The Bertz CT molecular complexity index is 1010. The Kier molecular flexibility index (Phi) is 3.66. The van der Waals surface area contributed by atoms with Crippen molar-refractivity contribution in [2.75, 3.05) is 17.2 Å². The lowest BCUT2D eigenvalue weighted by atomic mass is 10.2. The van der Waals surface area contributed by atoms with Crippen LogP contribution >= 0.6 is 11.8 Å². The molecule has 3 aromatic heterocycles. The van der Waals surface area contributed by atoms with Crippen molar-refractivity contribution in [2.45, 2.75) is 0 Å². The largest absolute Gasteiger partial charge is 0.345 e. The van der Waals surface area contributed by atoms with Crippen LogP contribution in [0.1, 0.15) is 10.4 Å². The van der Waals surface area contributed by atoms with Crippen LogP contribution in [-0.4, -0.2) is 38.3 Å². The Hall–Kier alpha value is -2.87. The summed E-state index contributed by atoms with van der Waals surface area (Å²) in [4.78, 5) is 40.1. The Labute approximate surface area is 140 Å². The lowest BCUT2D eigenvalue weighted by molar-refractivity contribution is 0.100. The smallest absolute Gasteiger partial charge is 0.281 e. The van der Waals surface area contributed by atoms with Gasteiger partial charge in [-0.15, -0.1) is 0 Å². The first-order valence-electron chi connectivity index (χ1n) is 7.37. The predicted molar refractivity (Wildman–Crippen MR) is 94.7 cm³/mol. The molecule has 0 saturated carbocycles. The van der Waals surface area contributed by atoms with Crippen molar-refractivity contribution >= 4 is 39.7 Å². The van der Waals surface area contributed by atoms with E-state index in [4.69, 9.17) is 0 Å². The summed E-state index contributed by atoms with van der Waals surface area (Å²) < 4.78 is 0. The van der Waals surface area contributed by atoms with Gasteiger partial charge in [-0.3, -0.25) is 9.59 Å². The molecular weight excluding hydrogens is 326 g/mol. The minimum absolute atomic E-state index is 0.183. The molecule has 8 heteroatoms. The first kappa shape index (κ1) is 14.7. The molecule has 7 nitrogen and oxygen atoms in total. The summed E-state index contributed by atoms with van der Waals surface area (Å²) in [7, 11) is 0. The maximum atomic E-state index is 12.6. The van der Waals surface area contributed by atoms with E-state index >= 15 is 0 Å². The summed E-state index contributed by atoms with van der Waals surface area (Å²) in [5.74, 6) is 1.11. The van der Waals surface area contributed by atoms with E-state index in [-0.39, 0.29) is 11.5 Å². The molecule has 0 atom stereocenters. The molecule has 2 N–H and O–H groups in total. The number of nitrogens with zero attached hydrogens (tertiary/aromatic N) is 3. The van der Waals surface area contributed by atoms with Crippen LogP contribution in [0.2, 0.25) is 0 Å². The van der Waals surface area contributed by atoms with Gasteiger partial charge in [-0.25, -0.2) is 4.98 Å². The number of fused-ring (bicyclic) bond motifs is 1. The van der Waals surface area contributed by atoms with Crippen LogP contribution in [0, 0.1) is 0 Å². The SMILES string of the molecule is O=C(N=C1SCCN1c1cccc(=O)[nH]1)c1c[nH]c2ncccc12. The second kappa shape index (κ2) is 5.97. The third kappa shape index (κ3) is 2.61. The number of H-pyrrole nitrogens is 2. The number of rotatable bonds is 2. The number of carbonyl (C=O) groups excluding carboxylic acids is 1. The molecule has 0 radical (unpaired) electrons. The number of pyridine rings is 2. The zero-order valence-corrected chi connectivity index (χ0v) is 13.3. The van der Waals surface area contributed by atoms with Gasteiger partial charge in [0.25, 0.3) is 5.91 Å². The van der Waals surface area contributed by atoms with Gasteiger partial charge in [0, 0.05) is 36.1 Å². The molecule has 1 amide bonds. The van der Waals surface area contributed by atoms with E-state index < -0.39 is 0 Å². The van der Waals surface area contributed by atoms with Gasteiger partial charge in [0.05, 0.1) is 5.56 Å². The number of amides is 1. The Morgan fingerprint density at radius 2 is 2.21 bits per heavy atom. The van der Waals surface area contributed by atoms with Gasteiger partial charge in [-0.2, -0.15) is 4.99 Å². The van der Waals surface area contributed by atoms with Crippen LogP contribution < -0.4 is 10.5 Å². The van der Waals surface area contributed by atoms with Crippen LogP contribution in [0.4, 0.5) is 5.82 Å². The second-order valence-corrected chi connectivity index (χ2v) is 6.26. The van der Waals surface area contributed by atoms with Gasteiger partial charge >= 0.3 is 0 Å². The molecule has 0 bridgehead atoms. The minimum Gasteiger partial charge on any atom is -0.345 e. The number of aromatic amines is 2. The van der Waals surface area contributed by atoms with E-state index in [1.54, 1.807) is 30.6 Å². The van der Waals surface area contributed by atoms with Gasteiger partial charge in [0.15, 0.2) is 5.17 Å². The number of nitrogens with one attached hydrogen (secondary N) is 2. The fourth-order valence-electron chi connectivity index (χ4n) is 2.59. The molecule has 1 aliphatic heterocycles. The highest BCUT2D eigenvalue weighted by atomic mass is 32.2. The van der Waals surface area contributed by atoms with Crippen molar-refractivity contribution < 1.29 is 4.79 Å². The number of amidine groups is 1. The molecular formula is C16H13N5O2S. The lowest BCUT2D eigenvalue weighted by Gasteiger charge is -2.16. The molecule has 24 heavy (non-hydrogen) atoms. The predicted octanol–water partition coefficient (Wildman–Crippen LogP) is 2.00. The average Bonchev–Trinajstić information content (AvgIpc) is 3.21. The Balaban J connectivity index is 1.69. The third-order valence-corrected chi connectivity index (χ3v) is 4.66. The summed E-state index contributed by atoms with van der Waals surface area (Å²) >= 11 is 1.49. The molecule has 0 spiro atoms. The fourth-order valence-corrected chi connectivity index (χ4v) is 3.54. The molecule has 0 unspecified atom stereocenters. The van der Waals surface area contributed by atoms with Crippen molar-refractivity contribution in [2.24, 2.45) is 4.99 Å². The van der Waals surface area contributed by atoms with Gasteiger partial charge in [0.2, 0.25) is 5.56 Å². The number of hydrogen-bond donors (Lipinski definition) is 2. The number of anilines is 1. The van der Waals surface area contributed by atoms with Crippen LogP contribution in [0.15, 0.2) is 52.5 Å². The van der Waals surface area contributed by atoms with Crippen LogP contribution in [-0.2, 0) is 0 Å². The summed E-state index contributed by atoms with van der Waals surface area (Å²) in [6.07, 6.45) is 3.29. The van der Waals surface area contributed by atoms with E-state index in [9.17, 15) is 9.59 Å². The maximum Gasteiger partial charge on any atom is 0.281 e. The number of thioether (sulfide) groups is 1. The molecule has 1 fully saturated rings. The summed E-state index contributed by atoms with van der Waals surface area (Å²) in [6, 6.07) is 8.55. The summed E-state index contributed by atoms with van der Waals surface area (Å²) in [6.45, 7) is 0.687. The van der Waals surface area contributed by atoms with Gasteiger partial charge < -0.3 is 14.9 Å². The standard InChI is InChI=1S/C16H13N5O2S/c22-13-5-1-4-12(19-13)21-7-8-24-16(21)20-15(23)11-9-18-14-10(11)3-2-6-17-14/h1-6,9H,7-8H2,(H,17,18)(H,19,22). The van der Waals surface area contributed by atoms with Crippen molar-refractivity contribution in [3.63, 3.8) is 0 Å². The first-order chi connectivity index (χ1) is 11.7. The average molecular weight is 339 g/mol. The van der Waals surface area contributed by atoms with Crippen LogP contribution in [0.5, 0.6) is 0 Å².